The number of hydrogen-bond acceptors (Lipinski definition) is 3. The van der Waals surface area contributed by atoms with Crippen LogP contribution in [0.5, 0.6) is 0 Å². The zero-order valence-corrected chi connectivity index (χ0v) is 15.6. The maximum atomic E-state index is 12.7. The fraction of sp³-hybridized carbons (Fsp3) is 0.591. The van der Waals surface area contributed by atoms with Crippen molar-refractivity contribution in [2.75, 3.05) is 0 Å². The zero-order valence-electron chi connectivity index (χ0n) is 15.6. The number of esters is 1. The van der Waals surface area contributed by atoms with Crippen molar-refractivity contribution in [3.8, 4) is 0 Å². The van der Waals surface area contributed by atoms with E-state index in [2.05, 4.69) is 39.8 Å². The van der Waals surface area contributed by atoms with Crippen LogP contribution < -0.4 is 0 Å². The first-order chi connectivity index (χ1) is 11.8. The van der Waals surface area contributed by atoms with E-state index in [0.717, 1.165) is 19.3 Å². The molecule has 2 aliphatic carbocycles. The maximum Gasteiger partial charge on any atom is 0.338 e. The Balaban J connectivity index is 1.69. The van der Waals surface area contributed by atoms with Crippen molar-refractivity contribution in [3.63, 3.8) is 0 Å². The van der Waals surface area contributed by atoms with Crippen molar-refractivity contribution in [1.82, 2.24) is 0 Å². The van der Waals surface area contributed by atoms with Gasteiger partial charge in [-0.05, 0) is 51.2 Å². The van der Waals surface area contributed by atoms with Crippen molar-refractivity contribution in [1.29, 1.82) is 0 Å². The van der Waals surface area contributed by atoms with E-state index in [-0.39, 0.29) is 28.7 Å². The molecule has 4 rings (SSSR count). The Bertz CT molecular complexity index is 707. The van der Waals surface area contributed by atoms with Gasteiger partial charge in [-0.2, -0.15) is 0 Å². The first kappa shape index (κ1) is 16.8. The third-order valence-corrected chi connectivity index (χ3v) is 7.11. The zero-order chi connectivity index (χ0) is 17.9. The Morgan fingerprint density at radius 3 is 2.64 bits per heavy atom. The molecule has 1 saturated carbocycles. The van der Waals surface area contributed by atoms with Crippen LogP contribution in [0.25, 0.3) is 0 Å². The van der Waals surface area contributed by atoms with Gasteiger partial charge < -0.3 is 9.47 Å². The van der Waals surface area contributed by atoms with Gasteiger partial charge in [0, 0.05) is 11.3 Å². The van der Waals surface area contributed by atoms with E-state index in [1.54, 1.807) is 0 Å². The highest BCUT2D eigenvalue weighted by Crippen LogP contribution is 2.65. The highest BCUT2D eigenvalue weighted by Gasteiger charge is 2.69. The van der Waals surface area contributed by atoms with Crippen LogP contribution in [0.2, 0.25) is 0 Å². The van der Waals surface area contributed by atoms with Crippen molar-refractivity contribution in [3.05, 3.63) is 48.0 Å². The van der Waals surface area contributed by atoms with E-state index in [1.165, 1.54) is 0 Å². The summed E-state index contributed by atoms with van der Waals surface area (Å²) in [6.07, 6.45) is 7.24. The van der Waals surface area contributed by atoms with Crippen LogP contribution in [0.1, 0.15) is 57.3 Å². The molecular weight excluding hydrogens is 312 g/mol. The third-order valence-electron chi connectivity index (χ3n) is 7.11. The van der Waals surface area contributed by atoms with Gasteiger partial charge in [-0.25, -0.2) is 4.79 Å². The average molecular weight is 340 g/mol. The van der Waals surface area contributed by atoms with E-state index < -0.39 is 0 Å². The average Bonchev–Trinajstić information content (AvgIpc) is 2.82. The highest BCUT2D eigenvalue weighted by molar-refractivity contribution is 5.89. The van der Waals surface area contributed by atoms with Gasteiger partial charge in [-0.15, -0.1) is 0 Å². The van der Waals surface area contributed by atoms with Gasteiger partial charge in [0.15, 0.2) is 0 Å². The molecule has 1 aromatic carbocycles. The van der Waals surface area contributed by atoms with Gasteiger partial charge in [0.1, 0.15) is 6.10 Å². The number of fused-ring (bicyclic) bond motifs is 1. The SMILES string of the molecule is C[C@@H]1C=CC[C@@]2(C)[C@@H](OC(=O)c3ccccc3)C[C@@H]3C[C@]12OC3(C)C. The predicted octanol–water partition coefficient (Wildman–Crippen LogP) is 4.77. The van der Waals surface area contributed by atoms with Crippen LogP contribution >= 0.6 is 0 Å². The van der Waals surface area contributed by atoms with E-state index in [1.807, 2.05) is 30.3 Å². The summed E-state index contributed by atoms with van der Waals surface area (Å²) in [6.45, 7) is 8.89. The maximum absolute atomic E-state index is 12.7. The van der Waals surface area contributed by atoms with Crippen LogP contribution in [0.4, 0.5) is 0 Å². The minimum absolute atomic E-state index is 0.117. The third kappa shape index (κ3) is 2.32. The smallest absolute Gasteiger partial charge is 0.338 e. The topological polar surface area (TPSA) is 35.5 Å². The molecule has 3 heteroatoms. The number of allylic oxidation sites excluding steroid dienone is 1. The van der Waals surface area contributed by atoms with Crippen LogP contribution in [-0.4, -0.2) is 23.3 Å². The lowest BCUT2D eigenvalue weighted by molar-refractivity contribution is -0.197. The van der Waals surface area contributed by atoms with Crippen molar-refractivity contribution < 1.29 is 14.3 Å². The van der Waals surface area contributed by atoms with E-state index >= 15 is 0 Å². The summed E-state index contributed by atoms with van der Waals surface area (Å²) in [7, 11) is 0. The second-order valence-corrected chi connectivity index (χ2v) is 8.83. The molecule has 25 heavy (non-hydrogen) atoms. The van der Waals surface area contributed by atoms with Gasteiger partial charge in [-0.1, -0.05) is 44.2 Å². The standard InChI is InChI=1S/C22H28O3/c1-15-9-8-12-21(4)18(24-19(23)16-10-6-5-7-11-16)13-17-14-22(15,21)25-20(17,2)3/h5-11,15,17-18H,12-14H2,1-4H3/t15-,17-,18+,21+,22+/m1/s1. The van der Waals surface area contributed by atoms with Crippen LogP contribution in [0, 0.1) is 17.3 Å². The van der Waals surface area contributed by atoms with Gasteiger partial charge in [0.2, 0.25) is 0 Å². The number of carbonyl (C=O) groups excluding carboxylic acids is 1. The molecule has 0 radical (unpaired) electrons. The van der Waals surface area contributed by atoms with Crippen molar-refractivity contribution in [2.45, 2.75) is 64.3 Å². The molecular formula is C22H28O3. The van der Waals surface area contributed by atoms with E-state index in [9.17, 15) is 4.79 Å². The van der Waals surface area contributed by atoms with Crippen LogP contribution in [-0.2, 0) is 9.47 Å². The molecule has 0 amide bonds. The molecule has 1 aromatic rings. The molecule has 2 bridgehead atoms. The van der Waals surface area contributed by atoms with E-state index in [4.69, 9.17) is 9.47 Å². The summed E-state index contributed by atoms with van der Waals surface area (Å²) in [4.78, 5) is 12.7. The molecule has 0 N–H and O–H groups in total. The molecule has 5 atom stereocenters. The summed E-state index contributed by atoms with van der Waals surface area (Å²) >= 11 is 0. The Labute approximate surface area is 150 Å². The molecule has 134 valence electrons. The van der Waals surface area contributed by atoms with Crippen LogP contribution in [0.3, 0.4) is 0 Å². The molecule has 3 aliphatic rings. The number of benzene rings is 1. The van der Waals surface area contributed by atoms with Gasteiger partial charge >= 0.3 is 5.97 Å². The number of carbonyl (C=O) groups is 1. The van der Waals surface area contributed by atoms with Gasteiger partial charge in [0.25, 0.3) is 0 Å². The Kier molecular flexibility index (Phi) is 3.66. The minimum atomic E-state index is -0.240. The quantitative estimate of drug-likeness (QED) is 0.574. The summed E-state index contributed by atoms with van der Waals surface area (Å²) in [5.41, 5.74) is 0.0259. The second kappa shape index (κ2) is 5.44. The molecule has 1 saturated heterocycles. The highest BCUT2D eigenvalue weighted by atomic mass is 16.6. The molecule has 1 spiro atoms. The Hall–Kier alpha value is -1.61. The molecule has 0 unspecified atom stereocenters. The lowest BCUT2D eigenvalue weighted by Crippen LogP contribution is -2.60. The van der Waals surface area contributed by atoms with E-state index in [0.29, 0.717) is 17.4 Å². The normalized spacial score (nSPS) is 41.2. The molecule has 3 nitrogen and oxygen atoms in total. The molecule has 2 fully saturated rings. The number of ether oxygens (including phenoxy) is 2. The lowest BCUT2D eigenvalue weighted by atomic mass is 9.53. The fourth-order valence-electron chi connectivity index (χ4n) is 5.44. The van der Waals surface area contributed by atoms with Gasteiger partial charge in [0.05, 0.1) is 16.8 Å². The Morgan fingerprint density at radius 1 is 1.20 bits per heavy atom. The molecule has 1 aliphatic heterocycles. The van der Waals surface area contributed by atoms with Crippen molar-refractivity contribution in [2.24, 2.45) is 17.3 Å². The first-order valence-corrected chi connectivity index (χ1v) is 9.41. The summed E-state index contributed by atoms with van der Waals surface area (Å²) in [5.74, 6) is 0.528. The minimum Gasteiger partial charge on any atom is -0.458 e. The summed E-state index contributed by atoms with van der Waals surface area (Å²) in [6, 6.07) is 9.31. The van der Waals surface area contributed by atoms with Gasteiger partial charge in [-0.3, -0.25) is 0 Å². The lowest BCUT2D eigenvalue weighted by Gasteiger charge is -2.55. The monoisotopic (exact) mass is 340 g/mol. The first-order valence-electron chi connectivity index (χ1n) is 9.41. The molecule has 0 aromatic heterocycles. The second-order valence-electron chi connectivity index (χ2n) is 8.83. The Morgan fingerprint density at radius 2 is 1.92 bits per heavy atom. The number of hydrogen-bond donors (Lipinski definition) is 0. The summed E-state index contributed by atoms with van der Waals surface area (Å²) in [5, 5.41) is 0. The fourth-order valence-corrected chi connectivity index (χ4v) is 5.44. The van der Waals surface area contributed by atoms with Crippen molar-refractivity contribution >= 4 is 5.97 Å². The molecule has 1 heterocycles. The van der Waals surface area contributed by atoms with Crippen LogP contribution in [0.15, 0.2) is 42.5 Å². The summed E-state index contributed by atoms with van der Waals surface area (Å²) < 4.78 is 12.9. The predicted molar refractivity (Wildman–Crippen MR) is 97.3 cm³/mol. The number of rotatable bonds is 2. The largest absolute Gasteiger partial charge is 0.458 e.